The Morgan fingerprint density at radius 2 is 1.81 bits per heavy atom. The molecule has 0 aromatic rings. The van der Waals surface area contributed by atoms with Crippen molar-refractivity contribution >= 4 is 12.1 Å². The number of hydrogen-bond acceptors (Lipinski definition) is 4. The molecule has 0 aliphatic heterocycles. The predicted octanol–water partition coefficient (Wildman–Crippen LogP) is 4.56. The van der Waals surface area contributed by atoms with Gasteiger partial charge in [-0.25, -0.2) is 4.79 Å². The Bertz CT molecular complexity index is 602. The highest BCUT2D eigenvalue weighted by Crippen LogP contribution is 2.60. The molecule has 0 aromatic heterocycles. The van der Waals surface area contributed by atoms with Gasteiger partial charge in [0, 0.05) is 12.0 Å². The lowest BCUT2D eigenvalue weighted by Crippen LogP contribution is -2.54. The van der Waals surface area contributed by atoms with Gasteiger partial charge < -0.3 is 14.8 Å². The van der Waals surface area contributed by atoms with Gasteiger partial charge in [0.1, 0.15) is 11.2 Å². The summed E-state index contributed by atoms with van der Waals surface area (Å²) < 4.78 is 23.6. The molecule has 0 spiro atoms. The molecule has 27 heavy (non-hydrogen) atoms. The summed E-state index contributed by atoms with van der Waals surface area (Å²) in [6.45, 7) is 10.9. The van der Waals surface area contributed by atoms with E-state index in [1.807, 2.05) is 41.5 Å². The zero-order valence-electron chi connectivity index (χ0n) is 17.5. The van der Waals surface area contributed by atoms with E-state index in [0.29, 0.717) is 18.9 Å². The summed E-state index contributed by atoms with van der Waals surface area (Å²) in [6, 6.07) is 0. The van der Waals surface area contributed by atoms with Gasteiger partial charge in [0.2, 0.25) is 0 Å². The zero-order chi connectivity index (χ0) is 20.5. The summed E-state index contributed by atoms with van der Waals surface area (Å²) in [6.07, 6.45) is 4.03. The third-order valence-electron chi connectivity index (χ3n) is 5.14. The minimum Gasteiger partial charge on any atom is -0.460 e. The summed E-state index contributed by atoms with van der Waals surface area (Å²) in [4.78, 5) is 24.6. The number of nitrogens with one attached hydrogen (secondary N) is 1. The number of halogens is 1. The average molecular weight is 384 g/mol. The second-order valence-corrected chi connectivity index (χ2v) is 9.94. The first-order chi connectivity index (χ1) is 12.3. The van der Waals surface area contributed by atoms with Crippen molar-refractivity contribution < 1.29 is 23.5 Å². The number of esters is 1. The van der Waals surface area contributed by atoms with Crippen molar-refractivity contribution in [3.8, 4) is 0 Å². The monoisotopic (exact) mass is 383 g/mol. The highest BCUT2D eigenvalue weighted by molar-refractivity contribution is 5.72. The number of ether oxygens (including phenoxy) is 2. The van der Waals surface area contributed by atoms with E-state index in [1.165, 1.54) is 0 Å². The van der Waals surface area contributed by atoms with Crippen LogP contribution in [0.3, 0.4) is 0 Å². The zero-order valence-corrected chi connectivity index (χ0v) is 17.5. The number of fused-ring (bicyclic) bond motifs is 1. The van der Waals surface area contributed by atoms with Crippen LogP contribution < -0.4 is 5.32 Å². The van der Waals surface area contributed by atoms with Crippen molar-refractivity contribution in [1.82, 2.24) is 5.32 Å². The second-order valence-electron chi connectivity index (χ2n) is 9.94. The molecule has 2 aliphatic rings. The number of carbonyl (C=O) groups is 2. The minimum atomic E-state index is -0.577. The van der Waals surface area contributed by atoms with E-state index in [4.69, 9.17) is 9.47 Å². The average Bonchev–Trinajstić information content (AvgIpc) is 2.78. The molecule has 154 valence electrons. The summed E-state index contributed by atoms with van der Waals surface area (Å²) in [5.74, 6) is 0.329. The summed E-state index contributed by atoms with van der Waals surface area (Å²) >= 11 is 0. The Kier molecular flexibility index (Phi) is 6.27. The molecule has 3 atom stereocenters. The normalized spacial score (nSPS) is 27.3. The Morgan fingerprint density at radius 1 is 1.19 bits per heavy atom. The first-order valence-corrected chi connectivity index (χ1v) is 9.78. The van der Waals surface area contributed by atoms with E-state index >= 15 is 0 Å². The molecule has 2 rings (SSSR count). The Balaban J connectivity index is 2.08. The quantitative estimate of drug-likeness (QED) is 0.540. The van der Waals surface area contributed by atoms with Crippen LogP contribution in [0, 0.1) is 17.3 Å². The van der Waals surface area contributed by atoms with E-state index in [9.17, 15) is 14.0 Å². The number of rotatable bonds is 6. The Hall–Kier alpha value is -1.59. The maximum absolute atomic E-state index is 12.7. The van der Waals surface area contributed by atoms with E-state index < -0.39 is 17.3 Å². The molecule has 0 saturated heterocycles. The lowest BCUT2D eigenvalue weighted by molar-refractivity contribution is -0.162. The number of alkyl carbamates (subject to hydrolysis) is 1. The highest BCUT2D eigenvalue weighted by Gasteiger charge is 2.56. The van der Waals surface area contributed by atoms with Gasteiger partial charge in [-0.3, -0.25) is 9.18 Å². The van der Waals surface area contributed by atoms with Gasteiger partial charge in [0.15, 0.2) is 0 Å². The van der Waals surface area contributed by atoms with Gasteiger partial charge in [-0.1, -0.05) is 11.6 Å². The molecular weight excluding hydrogens is 349 g/mol. The van der Waals surface area contributed by atoms with Gasteiger partial charge in [0.25, 0.3) is 0 Å². The van der Waals surface area contributed by atoms with Crippen LogP contribution in [0.1, 0.15) is 67.2 Å². The van der Waals surface area contributed by atoms with Crippen molar-refractivity contribution in [2.24, 2.45) is 17.3 Å². The van der Waals surface area contributed by atoms with Crippen LogP contribution in [0.15, 0.2) is 11.6 Å². The van der Waals surface area contributed by atoms with E-state index in [-0.39, 0.29) is 30.4 Å². The summed E-state index contributed by atoms with van der Waals surface area (Å²) in [5.41, 5.74) is -0.394. The predicted molar refractivity (Wildman–Crippen MR) is 102 cm³/mol. The molecular formula is C21H34FNO4. The molecule has 1 saturated carbocycles. The highest BCUT2D eigenvalue weighted by atomic mass is 19.1. The summed E-state index contributed by atoms with van der Waals surface area (Å²) in [7, 11) is 0. The molecule has 1 amide bonds. The third-order valence-corrected chi connectivity index (χ3v) is 5.14. The smallest absolute Gasteiger partial charge is 0.407 e. The van der Waals surface area contributed by atoms with Crippen LogP contribution >= 0.6 is 0 Å². The minimum absolute atomic E-state index is 0.168. The molecule has 0 unspecified atom stereocenters. The molecule has 1 fully saturated rings. The van der Waals surface area contributed by atoms with Crippen molar-refractivity contribution in [1.29, 1.82) is 0 Å². The van der Waals surface area contributed by atoms with Gasteiger partial charge >= 0.3 is 12.1 Å². The number of amides is 1. The van der Waals surface area contributed by atoms with Crippen LogP contribution in [0.5, 0.6) is 0 Å². The largest absolute Gasteiger partial charge is 0.460 e. The van der Waals surface area contributed by atoms with Crippen LogP contribution in [-0.4, -0.2) is 36.5 Å². The second kappa shape index (κ2) is 7.80. The van der Waals surface area contributed by atoms with Crippen molar-refractivity contribution in [2.75, 3.05) is 13.2 Å². The van der Waals surface area contributed by atoms with Gasteiger partial charge in [-0.05, 0) is 72.6 Å². The standard InChI is InChI=1S/C21H34FNO4/c1-19(2,3)26-17(24)12-21(13-23-18(25)27-20(4,5)6)11-15-9-14(7-8-22)10-16(15)21/h10,15-16H,7-9,11-13H2,1-6H3,(H,23,25)/t15-,16-,21-/m1/s1. The van der Waals surface area contributed by atoms with E-state index in [2.05, 4.69) is 11.4 Å². The number of hydrogen-bond donors (Lipinski definition) is 1. The van der Waals surface area contributed by atoms with Crippen LogP contribution in [-0.2, 0) is 14.3 Å². The Labute approximate surface area is 162 Å². The maximum atomic E-state index is 12.7. The fourth-order valence-electron chi connectivity index (χ4n) is 4.27. The molecule has 0 bridgehead atoms. The molecule has 0 aromatic carbocycles. The SMILES string of the molecule is CC(C)(C)OC(=O)C[C@@]1(CNC(=O)OC(C)(C)C)C[C@H]2CC(CCF)=C[C@H]21. The fraction of sp³-hybridized carbons (Fsp3) is 0.810. The summed E-state index contributed by atoms with van der Waals surface area (Å²) in [5, 5.41) is 2.84. The van der Waals surface area contributed by atoms with Crippen molar-refractivity contribution in [3.63, 3.8) is 0 Å². The van der Waals surface area contributed by atoms with Crippen LogP contribution in [0.4, 0.5) is 9.18 Å². The van der Waals surface area contributed by atoms with Crippen molar-refractivity contribution in [2.45, 2.75) is 78.4 Å². The van der Waals surface area contributed by atoms with Gasteiger partial charge in [-0.15, -0.1) is 0 Å². The first kappa shape index (κ1) is 21.7. The lowest BCUT2D eigenvalue weighted by atomic mass is 9.53. The Morgan fingerprint density at radius 3 is 2.37 bits per heavy atom. The molecule has 1 N–H and O–H groups in total. The van der Waals surface area contributed by atoms with E-state index in [1.54, 1.807) is 0 Å². The van der Waals surface area contributed by atoms with Gasteiger partial charge in [-0.2, -0.15) is 0 Å². The lowest BCUT2D eigenvalue weighted by Gasteiger charge is -2.52. The maximum Gasteiger partial charge on any atom is 0.407 e. The van der Waals surface area contributed by atoms with E-state index in [0.717, 1.165) is 18.4 Å². The molecule has 6 heteroatoms. The third kappa shape index (κ3) is 5.94. The number of carbonyl (C=O) groups excluding carboxylic acids is 2. The van der Waals surface area contributed by atoms with Crippen molar-refractivity contribution in [3.05, 3.63) is 11.6 Å². The molecule has 2 aliphatic carbocycles. The molecule has 5 nitrogen and oxygen atoms in total. The number of allylic oxidation sites excluding steroid dienone is 2. The molecule has 0 radical (unpaired) electrons. The van der Waals surface area contributed by atoms with Crippen LogP contribution in [0.2, 0.25) is 0 Å². The first-order valence-electron chi connectivity index (χ1n) is 9.78. The molecule has 0 heterocycles. The fourth-order valence-corrected chi connectivity index (χ4v) is 4.27. The topological polar surface area (TPSA) is 64.6 Å². The number of alkyl halides is 1. The van der Waals surface area contributed by atoms with Gasteiger partial charge in [0.05, 0.1) is 13.1 Å². The van der Waals surface area contributed by atoms with Crippen LogP contribution in [0.25, 0.3) is 0 Å².